The van der Waals surface area contributed by atoms with Crippen LogP contribution in [0.3, 0.4) is 0 Å². The first kappa shape index (κ1) is 31.6. The molecule has 1 saturated heterocycles. The number of rotatable bonds is 13. The minimum Gasteiger partial charge on any atom is -0.499 e. The number of fused-ring (bicyclic) bond motifs is 2. The van der Waals surface area contributed by atoms with Gasteiger partial charge in [0.15, 0.2) is 6.61 Å². The average molecular weight is 633 g/mol. The summed E-state index contributed by atoms with van der Waals surface area (Å²) in [5.74, 6) is -3.55. The van der Waals surface area contributed by atoms with Crippen LogP contribution < -0.4 is 26.3 Å². The zero-order valence-corrected chi connectivity index (χ0v) is 24.2. The highest BCUT2D eigenvalue weighted by Crippen LogP contribution is 2.33. The Morgan fingerprint density at radius 2 is 1.83 bits per heavy atom. The smallest absolute Gasteiger partial charge is 0.336 e. The van der Waals surface area contributed by atoms with Crippen molar-refractivity contribution < 1.29 is 47.4 Å². The summed E-state index contributed by atoms with van der Waals surface area (Å²) in [6.45, 7) is 0.188. The van der Waals surface area contributed by atoms with E-state index in [2.05, 4.69) is 16.0 Å². The zero-order chi connectivity index (χ0) is 32.6. The maximum atomic E-state index is 13.1. The van der Waals surface area contributed by atoms with Crippen molar-refractivity contribution in [3.8, 4) is 5.75 Å². The molecule has 3 aromatic rings. The van der Waals surface area contributed by atoms with Gasteiger partial charge in [-0.25, -0.2) is 4.79 Å². The minimum absolute atomic E-state index is 0.00234. The fraction of sp³-hybridized carbons (Fsp3) is 0.258. The van der Waals surface area contributed by atoms with Gasteiger partial charge < -0.3 is 29.3 Å². The van der Waals surface area contributed by atoms with Gasteiger partial charge in [0.25, 0.3) is 23.6 Å². The highest BCUT2D eigenvalue weighted by Gasteiger charge is 2.46. The van der Waals surface area contributed by atoms with Crippen molar-refractivity contribution >= 4 is 52.1 Å². The molecule has 1 aromatic heterocycles. The molecular weight excluding hydrogens is 604 g/mol. The van der Waals surface area contributed by atoms with Crippen LogP contribution in [0.1, 0.15) is 33.6 Å². The van der Waals surface area contributed by atoms with E-state index in [9.17, 15) is 33.6 Å². The summed E-state index contributed by atoms with van der Waals surface area (Å²) >= 11 is 0. The number of piperidine rings is 1. The Balaban J connectivity index is 0.973. The molecule has 0 spiro atoms. The third-order valence-electron chi connectivity index (χ3n) is 6.91. The highest BCUT2D eigenvalue weighted by atomic mass is 16.5. The van der Waals surface area contributed by atoms with Crippen LogP contribution in [0, 0.1) is 0 Å². The Hall–Kier alpha value is -5.83. The average Bonchev–Trinajstić information content (AvgIpc) is 3.28. The summed E-state index contributed by atoms with van der Waals surface area (Å²) in [4.78, 5) is 86.3. The van der Waals surface area contributed by atoms with Crippen LogP contribution in [0.4, 0.5) is 5.69 Å². The molecular formula is C31H28N4O11. The second-order valence-electron chi connectivity index (χ2n) is 10.0. The van der Waals surface area contributed by atoms with Crippen LogP contribution >= 0.6 is 0 Å². The maximum absolute atomic E-state index is 13.1. The number of nitrogens with one attached hydrogen (secondary N) is 3. The number of anilines is 1. The molecule has 1 unspecified atom stereocenters. The van der Waals surface area contributed by atoms with Crippen LogP contribution in [0.5, 0.6) is 5.75 Å². The van der Waals surface area contributed by atoms with Gasteiger partial charge in [0.1, 0.15) is 24.0 Å². The third kappa shape index (κ3) is 7.44. The van der Waals surface area contributed by atoms with Gasteiger partial charge in [0, 0.05) is 42.2 Å². The first-order valence-electron chi connectivity index (χ1n) is 14.2. The molecule has 15 heteroatoms. The van der Waals surface area contributed by atoms with Gasteiger partial charge in [0.05, 0.1) is 30.6 Å². The molecule has 0 bridgehead atoms. The van der Waals surface area contributed by atoms with Gasteiger partial charge in [-0.3, -0.25) is 39.0 Å². The molecule has 1 fully saturated rings. The highest BCUT2D eigenvalue weighted by molar-refractivity contribution is 6.24. The number of benzene rings is 2. The summed E-state index contributed by atoms with van der Waals surface area (Å²) in [6.07, 6.45) is 2.41. The molecule has 238 valence electrons. The van der Waals surface area contributed by atoms with Crippen molar-refractivity contribution in [1.82, 2.24) is 15.5 Å². The lowest BCUT2D eigenvalue weighted by Crippen LogP contribution is -2.54. The van der Waals surface area contributed by atoms with Crippen LogP contribution in [0.25, 0.3) is 11.0 Å². The normalized spacial score (nSPS) is 16.0. The predicted molar refractivity (Wildman–Crippen MR) is 159 cm³/mol. The first-order chi connectivity index (χ1) is 22.2. The van der Waals surface area contributed by atoms with E-state index in [4.69, 9.17) is 18.6 Å². The van der Waals surface area contributed by atoms with Crippen LogP contribution in [-0.4, -0.2) is 79.4 Å². The minimum atomic E-state index is -1.11. The molecule has 2 aromatic carbocycles. The topological polar surface area (TPSA) is 200 Å². The Kier molecular flexibility index (Phi) is 9.82. The second-order valence-corrected chi connectivity index (χ2v) is 10.0. The van der Waals surface area contributed by atoms with Gasteiger partial charge in [-0.1, -0.05) is 6.07 Å². The molecule has 0 radical (unpaired) electrons. The number of hydrogen-bond acceptors (Lipinski definition) is 11. The lowest BCUT2D eigenvalue weighted by atomic mass is 10.0. The van der Waals surface area contributed by atoms with E-state index >= 15 is 0 Å². The third-order valence-corrected chi connectivity index (χ3v) is 6.91. The van der Waals surface area contributed by atoms with E-state index in [-0.39, 0.29) is 56.1 Å². The van der Waals surface area contributed by atoms with Crippen molar-refractivity contribution in [2.75, 3.05) is 38.3 Å². The Morgan fingerprint density at radius 1 is 1.00 bits per heavy atom. The molecule has 5 rings (SSSR count). The number of hydrogen-bond donors (Lipinski definition) is 3. The van der Waals surface area contributed by atoms with E-state index in [0.717, 1.165) is 10.3 Å². The fourth-order valence-electron chi connectivity index (χ4n) is 4.77. The van der Waals surface area contributed by atoms with Crippen LogP contribution in [0.2, 0.25) is 0 Å². The predicted octanol–water partition coefficient (Wildman–Crippen LogP) is 0.875. The number of carbonyl (C=O) groups is 6. The number of carbonyl (C=O) groups excluding carboxylic acids is 6. The summed E-state index contributed by atoms with van der Waals surface area (Å²) in [5.41, 5.74) is 0.290. The zero-order valence-electron chi connectivity index (χ0n) is 24.2. The molecule has 3 heterocycles. The fourth-order valence-corrected chi connectivity index (χ4v) is 4.77. The Labute approximate surface area is 260 Å². The Bertz CT molecular complexity index is 1800. The lowest BCUT2D eigenvalue weighted by molar-refractivity contribution is -0.136. The summed E-state index contributed by atoms with van der Waals surface area (Å²) in [5, 5.41) is 8.08. The number of amides is 6. The summed E-state index contributed by atoms with van der Waals surface area (Å²) < 4.78 is 21.2. The van der Waals surface area contributed by atoms with E-state index in [1.807, 2.05) is 0 Å². The molecule has 3 N–H and O–H groups in total. The SMILES string of the molecule is O=C(C=COCCOCCNC(=O)COc1cccc2c1C(=O)N(C1CCC(=O)NC1=O)C2=O)Nc1ccc2ccc(=O)oc2c1. The molecule has 2 aliphatic heterocycles. The largest absolute Gasteiger partial charge is 0.499 e. The standard InChI is InChI=1S/C31H28N4O11/c36-24-8-7-21(29(40)34-24)35-30(41)20-2-1-3-22(28(20)31(35)42)45-17-26(38)32-11-13-44-15-14-43-12-10-25(37)33-19-6-4-18-5-9-27(39)46-23(18)16-19/h1-6,9-10,12,16,21H,7-8,11,13-15,17H2,(H,32,38)(H,33,37)(H,34,36,40). The number of nitrogens with zero attached hydrogens (tertiary/aromatic N) is 1. The molecule has 2 aliphatic rings. The maximum Gasteiger partial charge on any atom is 0.336 e. The number of imide groups is 2. The van der Waals surface area contributed by atoms with Crippen LogP contribution in [-0.2, 0) is 28.7 Å². The van der Waals surface area contributed by atoms with Gasteiger partial charge >= 0.3 is 5.63 Å². The molecule has 46 heavy (non-hydrogen) atoms. The van der Waals surface area contributed by atoms with Gasteiger partial charge in [-0.15, -0.1) is 0 Å². The number of ether oxygens (including phenoxy) is 3. The molecule has 15 nitrogen and oxygen atoms in total. The van der Waals surface area contributed by atoms with Crippen molar-refractivity contribution in [3.05, 3.63) is 82.4 Å². The van der Waals surface area contributed by atoms with Crippen molar-refractivity contribution in [3.63, 3.8) is 0 Å². The van der Waals surface area contributed by atoms with E-state index < -0.39 is 53.7 Å². The van der Waals surface area contributed by atoms with E-state index in [1.165, 1.54) is 42.7 Å². The molecule has 1 atom stereocenters. The van der Waals surface area contributed by atoms with Gasteiger partial charge in [-0.05, 0) is 36.8 Å². The quantitative estimate of drug-likeness (QED) is 0.0794. The lowest BCUT2D eigenvalue weighted by Gasteiger charge is -2.27. The summed E-state index contributed by atoms with van der Waals surface area (Å²) in [7, 11) is 0. The van der Waals surface area contributed by atoms with E-state index in [0.29, 0.717) is 11.3 Å². The molecule has 0 aliphatic carbocycles. The van der Waals surface area contributed by atoms with Crippen molar-refractivity contribution in [1.29, 1.82) is 0 Å². The molecule has 6 amide bonds. The summed E-state index contributed by atoms with van der Waals surface area (Å²) in [6, 6.07) is 11.1. The van der Waals surface area contributed by atoms with E-state index in [1.54, 1.807) is 18.2 Å². The van der Waals surface area contributed by atoms with Crippen LogP contribution in [0.15, 0.2) is 70.1 Å². The van der Waals surface area contributed by atoms with Gasteiger partial charge in [-0.2, -0.15) is 0 Å². The molecule has 0 saturated carbocycles. The van der Waals surface area contributed by atoms with Crippen molar-refractivity contribution in [2.24, 2.45) is 0 Å². The second kappa shape index (κ2) is 14.3. The van der Waals surface area contributed by atoms with Crippen molar-refractivity contribution in [2.45, 2.75) is 18.9 Å². The monoisotopic (exact) mass is 632 g/mol. The Morgan fingerprint density at radius 3 is 2.65 bits per heavy atom. The first-order valence-corrected chi connectivity index (χ1v) is 14.2. The van der Waals surface area contributed by atoms with Gasteiger partial charge in [0.2, 0.25) is 11.8 Å².